The molecule has 0 aromatic heterocycles. The Bertz CT molecular complexity index is 921. The van der Waals surface area contributed by atoms with Crippen LogP contribution in [-0.4, -0.2) is 42.9 Å². The van der Waals surface area contributed by atoms with Crippen molar-refractivity contribution in [2.75, 3.05) is 36.4 Å². The largest absolute Gasteiger partial charge is 0.368 e. The fraction of sp³-hybridized carbons (Fsp3) is 0.417. The van der Waals surface area contributed by atoms with E-state index < -0.39 is 5.41 Å². The highest BCUT2D eigenvalue weighted by Gasteiger charge is 2.58. The summed E-state index contributed by atoms with van der Waals surface area (Å²) in [5, 5.41) is 3.05. The van der Waals surface area contributed by atoms with Crippen molar-refractivity contribution >= 4 is 23.2 Å². The van der Waals surface area contributed by atoms with Crippen LogP contribution in [0, 0.1) is 26.2 Å². The van der Waals surface area contributed by atoms with Crippen LogP contribution < -0.4 is 10.2 Å². The van der Waals surface area contributed by atoms with Crippen LogP contribution in [0.2, 0.25) is 0 Å². The third kappa shape index (κ3) is 3.74. The van der Waals surface area contributed by atoms with Crippen LogP contribution in [0.1, 0.15) is 29.5 Å². The summed E-state index contributed by atoms with van der Waals surface area (Å²) >= 11 is 0. The smallest absolute Gasteiger partial charge is 0.240 e. The number of piperazine rings is 1. The minimum Gasteiger partial charge on any atom is -0.368 e. The van der Waals surface area contributed by atoms with Crippen LogP contribution in [0.3, 0.4) is 0 Å². The third-order valence-corrected chi connectivity index (χ3v) is 6.25. The number of hydrogen-bond donors (Lipinski definition) is 1. The zero-order valence-corrected chi connectivity index (χ0v) is 17.5. The molecule has 0 spiro atoms. The van der Waals surface area contributed by atoms with Gasteiger partial charge in [0.2, 0.25) is 11.8 Å². The second-order valence-electron chi connectivity index (χ2n) is 8.42. The van der Waals surface area contributed by atoms with Gasteiger partial charge in [-0.05, 0) is 62.4 Å². The monoisotopic (exact) mass is 391 g/mol. The minimum absolute atomic E-state index is 0.00914. The molecule has 1 N–H and O–H groups in total. The number of anilines is 2. The van der Waals surface area contributed by atoms with Gasteiger partial charge < -0.3 is 15.1 Å². The molecular formula is C24H29N3O2. The Kier molecular flexibility index (Phi) is 5.07. The molecule has 5 nitrogen and oxygen atoms in total. The van der Waals surface area contributed by atoms with Crippen molar-refractivity contribution in [1.29, 1.82) is 0 Å². The highest BCUT2D eigenvalue weighted by molar-refractivity contribution is 6.13. The summed E-state index contributed by atoms with van der Waals surface area (Å²) < 4.78 is 0. The van der Waals surface area contributed by atoms with E-state index >= 15 is 0 Å². The van der Waals surface area contributed by atoms with Crippen molar-refractivity contribution < 1.29 is 9.59 Å². The van der Waals surface area contributed by atoms with Gasteiger partial charge in [-0.3, -0.25) is 9.59 Å². The van der Waals surface area contributed by atoms with E-state index in [1.807, 2.05) is 36.9 Å². The second kappa shape index (κ2) is 7.54. The number of amides is 2. The molecule has 2 aromatic rings. The summed E-state index contributed by atoms with van der Waals surface area (Å²) in [6.45, 7) is 8.96. The van der Waals surface area contributed by atoms with Gasteiger partial charge in [0.05, 0.1) is 0 Å². The van der Waals surface area contributed by atoms with Crippen LogP contribution in [0.25, 0.3) is 0 Å². The predicted molar refractivity (Wildman–Crippen MR) is 116 cm³/mol. The van der Waals surface area contributed by atoms with Gasteiger partial charge in [0.1, 0.15) is 5.41 Å². The van der Waals surface area contributed by atoms with Gasteiger partial charge in [0.25, 0.3) is 0 Å². The first-order valence-electron chi connectivity index (χ1n) is 10.4. The molecule has 0 unspecified atom stereocenters. The maximum atomic E-state index is 13.2. The number of nitrogens with one attached hydrogen (secondary N) is 1. The Morgan fingerprint density at radius 1 is 0.897 bits per heavy atom. The van der Waals surface area contributed by atoms with Gasteiger partial charge in [0.15, 0.2) is 0 Å². The summed E-state index contributed by atoms with van der Waals surface area (Å²) in [6, 6.07) is 14.4. The first kappa shape index (κ1) is 19.5. The zero-order chi connectivity index (χ0) is 20.6. The molecule has 2 fully saturated rings. The van der Waals surface area contributed by atoms with E-state index in [-0.39, 0.29) is 11.8 Å². The first-order valence-corrected chi connectivity index (χ1v) is 10.4. The minimum atomic E-state index is -0.875. The number of benzene rings is 2. The number of carbonyl (C=O) groups is 2. The maximum Gasteiger partial charge on any atom is 0.240 e. The lowest BCUT2D eigenvalue weighted by molar-refractivity contribution is -0.142. The predicted octanol–water partition coefficient (Wildman–Crippen LogP) is 3.68. The number of nitrogens with zero attached hydrogens (tertiary/aromatic N) is 2. The van der Waals surface area contributed by atoms with Gasteiger partial charge in [-0.1, -0.05) is 30.3 Å². The summed E-state index contributed by atoms with van der Waals surface area (Å²) in [6.07, 6.45) is 1.28. The van der Waals surface area contributed by atoms with Crippen molar-refractivity contribution in [2.45, 2.75) is 33.6 Å². The van der Waals surface area contributed by atoms with Gasteiger partial charge in [-0.15, -0.1) is 0 Å². The molecule has 2 aromatic carbocycles. The quantitative estimate of drug-likeness (QED) is 0.809. The molecule has 0 radical (unpaired) electrons. The lowest BCUT2D eigenvalue weighted by Crippen LogP contribution is -2.52. The van der Waals surface area contributed by atoms with Gasteiger partial charge in [-0.2, -0.15) is 0 Å². The number of para-hydroxylation sites is 1. The normalized spacial score (nSPS) is 17.8. The van der Waals surface area contributed by atoms with Crippen molar-refractivity contribution in [2.24, 2.45) is 5.41 Å². The van der Waals surface area contributed by atoms with Crippen LogP contribution >= 0.6 is 0 Å². The fourth-order valence-electron chi connectivity index (χ4n) is 4.20. The van der Waals surface area contributed by atoms with E-state index in [4.69, 9.17) is 0 Å². The number of hydrogen-bond acceptors (Lipinski definition) is 3. The van der Waals surface area contributed by atoms with E-state index in [1.54, 1.807) is 0 Å². The molecule has 2 aliphatic rings. The highest BCUT2D eigenvalue weighted by atomic mass is 16.2. The van der Waals surface area contributed by atoms with Gasteiger partial charge >= 0.3 is 0 Å². The molecule has 4 rings (SSSR count). The van der Waals surface area contributed by atoms with Crippen LogP contribution in [0.15, 0.2) is 42.5 Å². The lowest BCUT2D eigenvalue weighted by Gasteiger charge is -2.37. The molecule has 1 aliphatic carbocycles. The summed E-state index contributed by atoms with van der Waals surface area (Å²) in [5.41, 5.74) is 4.44. The fourth-order valence-corrected chi connectivity index (χ4v) is 4.20. The number of carbonyl (C=O) groups excluding carboxylic acids is 2. The molecule has 0 atom stereocenters. The van der Waals surface area contributed by atoms with Crippen molar-refractivity contribution in [1.82, 2.24) is 4.90 Å². The Morgan fingerprint density at radius 2 is 1.52 bits per heavy atom. The standard InChI is InChI=1S/C24H29N3O2/c1-17-6-4-9-20(16-17)26-12-14-27(15-13-26)23(29)24(10-11-24)22(28)25-21-18(2)7-5-8-19(21)3/h4-9,16H,10-15H2,1-3H3,(H,25,28). The van der Waals surface area contributed by atoms with E-state index in [1.165, 1.54) is 11.3 Å². The highest BCUT2D eigenvalue weighted by Crippen LogP contribution is 2.48. The zero-order valence-electron chi connectivity index (χ0n) is 17.5. The number of aryl methyl sites for hydroxylation is 3. The van der Waals surface area contributed by atoms with Crippen LogP contribution in [-0.2, 0) is 9.59 Å². The van der Waals surface area contributed by atoms with Gasteiger partial charge in [0, 0.05) is 37.6 Å². The Labute approximate surface area is 172 Å². The topological polar surface area (TPSA) is 52.7 Å². The van der Waals surface area contributed by atoms with Crippen LogP contribution in [0.5, 0.6) is 0 Å². The number of rotatable bonds is 4. The van der Waals surface area contributed by atoms with E-state index in [0.29, 0.717) is 25.9 Å². The molecule has 1 heterocycles. The molecule has 1 saturated carbocycles. The molecule has 2 amide bonds. The van der Waals surface area contributed by atoms with Crippen molar-refractivity contribution in [3.8, 4) is 0 Å². The van der Waals surface area contributed by atoms with Crippen molar-refractivity contribution in [3.05, 3.63) is 59.2 Å². The van der Waals surface area contributed by atoms with E-state index in [2.05, 4.69) is 41.4 Å². The molecular weight excluding hydrogens is 362 g/mol. The van der Waals surface area contributed by atoms with E-state index in [0.717, 1.165) is 29.9 Å². The summed E-state index contributed by atoms with van der Waals surface area (Å²) in [4.78, 5) is 30.5. The molecule has 152 valence electrons. The Balaban J connectivity index is 1.41. The molecule has 29 heavy (non-hydrogen) atoms. The maximum absolute atomic E-state index is 13.2. The average Bonchev–Trinajstić information content (AvgIpc) is 3.52. The SMILES string of the molecule is Cc1cccc(N2CCN(C(=O)C3(C(=O)Nc4c(C)cccc4C)CC3)CC2)c1. The molecule has 0 bridgehead atoms. The summed E-state index contributed by atoms with van der Waals surface area (Å²) in [7, 11) is 0. The Hall–Kier alpha value is -2.82. The molecule has 1 aliphatic heterocycles. The Morgan fingerprint density at radius 3 is 2.10 bits per heavy atom. The second-order valence-corrected chi connectivity index (χ2v) is 8.42. The lowest BCUT2D eigenvalue weighted by atomic mass is 10.0. The molecule has 1 saturated heterocycles. The van der Waals surface area contributed by atoms with Crippen LogP contribution in [0.4, 0.5) is 11.4 Å². The summed E-state index contributed by atoms with van der Waals surface area (Å²) in [5.74, 6) is -0.161. The van der Waals surface area contributed by atoms with Gasteiger partial charge in [-0.25, -0.2) is 0 Å². The molecule has 5 heteroatoms. The third-order valence-electron chi connectivity index (χ3n) is 6.25. The first-order chi connectivity index (χ1) is 13.9. The average molecular weight is 392 g/mol. The van der Waals surface area contributed by atoms with E-state index in [9.17, 15) is 9.59 Å². The van der Waals surface area contributed by atoms with Crippen molar-refractivity contribution in [3.63, 3.8) is 0 Å².